The van der Waals surface area contributed by atoms with Gasteiger partial charge in [0, 0.05) is 25.5 Å². The minimum Gasteiger partial charge on any atom is -0.358 e. The quantitative estimate of drug-likeness (QED) is 0.850. The summed E-state index contributed by atoms with van der Waals surface area (Å²) in [5.74, 6) is 1.02. The summed E-state index contributed by atoms with van der Waals surface area (Å²) >= 11 is 0. The second kappa shape index (κ2) is 4.49. The van der Waals surface area contributed by atoms with Crippen LogP contribution in [-0.4, -0.2) is 25.1 Å². The van der Waals surface area contributed by atoms with E-state index < -0.39 is 0 Å². The first kappa shape index (κ1) is 10.9. The summed E-state index contributed by atoms with van der Waals surface area (Å²) in [6.45, 7) is 3.55. The maximum Gasteiger partial charge on any atom is 0.131 e. The van der Waals surface area contributed by atoms with E-state index in [1.165, 1.54) is 10.9 Å². The molecule has 0 amide bonds. The standard InChI is InChI=1S/C13H17N3/c1-10-9-11-5-3-4-6-12(11)15-13(10)16(2)8-7-14/h3-6,9H,7-8,14H2,1-2H3. The predicted octanol–water partition coefficient (Wildman–Crippen LogP) is 1.94. The second-order valence-electron chi connectivity index (χ2n) is 4.03. The van der Waals surface area contributed by atoms with Crippen molar-refractivity contribution >= 4 is 16.7 Å². The van der Waals surface area contributed by atoms with Gasteiger partial charge in [-0.2, -0.15) is 0 Å². The van der Waals surface area contributed by atoms with E-state index in [1.54, 1.807) is 0 Å². The van der Waals surface area contributed by atoms with Gasteiger partial charge >= 0.3 is 0 Å². The molecule has 3 heteroatoms. The fourth-order valence-electron chi connectivity index (χ4n) is 1.90. The third-order valence-electron chi connectivity index (χ3n) is 2.71. The molecule has 2 N–H and O–H groups in total. The van der Waals surface area contributed by atoms with Gasteiger partial charge in [0.1, 0.15) is 5.82 Å². The van der Waals surface area contributed by atoms with E-state index in [4.69, 9.17) is 5.73 Å². The largest absolute Gasteiger partial charge is 0.358 e. The summed E-state index contributed by atoms with van der Waals surface area (Å²) < 4.78 is 0. The van der Waals surface area contributed by atoms with Crippen molar-refractivity contribution in [2.75, 3.05) is 25.0 Å². The van der Waals surface area contributed by atoms with Crippen molar-refractivity contribution in [3.8, 4) is 0 Å². The van der Waals surface area contributed by atoms with E-state index in [0.29, 0.717) is 6.54 Å². The Kier molecular flexibility index (Phi) is 3.06. The molecular formula is C13H17N3. The van der Waals surface area contributed by atoms with Crippen LogP contribution in [0.4, 0.5) is 5.82 Å². The molecule has 1 heterocycles. The molecule has 2 aromatic rings. The number of hydrogen-bond donors (Lipinski definition) is 1. The number of likely N-dealkylation sites (N-methyl/N-ethyl adjacent to an activating group) is 1. The number of benzene rings is 1. The van der Waals surface area contributed by atoms with Gasteiger partial charge in [-0.15, -0.1) is 0 Å². The molecule has 1 aromatic heterocycles. The summed E-state index contributed by atoms with van der Waals surface area (Å²) in [7, 11) is 2.02. The SMILES string of the molecule is Cc1cc2ccccc2nc1N(C)CCN. The zero-order valence-corrected chi connectivity index (χ0v) is 9.77. The van der Waals surface area contributed by atoms with E-state index in [0.717, 1.165) is 17.9 Å². The van der Waals surface area contributed by atoms with Crippen molar-refractivity contribution < 1.29 is 0 Å². The lowest BCUT2D eigenvalue weighted by Crippen LogP contribution is -2.26. The zero-order valence-electron chi connectivity index (χ0n) is 9.77. The third kappa shape index (κ3) is 1.99. The fraction of sp³-hybridized carbons (Fsp3) is 0.308. The Labute approximate surface area is 95.9 Å². The lowest BCUT2D eigenvalue weighted by Gasteiger charge is -2.19. The van der Waals surface area contributed by atoms with Gasteiger partial charge in [-0.25, -0.2) is 4.98 Å². The van der Waals surface area contributed by atoms with Crippen LogP contribution in [0.1, 0.15) is 5.56 Å². The summed E-state index contributed by atoms with van der Waals surface area (Å²) in [5.41, 5.74) is 7.78. The molecular weight excluding hydrogens is 198 g/mol. The van der Waals surface area contributed by atoms with Crippen LogP contribution in [0.3, 0.4) is 0 Å². The molecule has 3 nitrogen and oxygen atoms in total. The van der Waals surface area contributed by atoms with E-state index >= 15 is 0 Å². The van der Waals surface area contributed by atoms with Gasteiger partial charge in [-0.05, 0) is 24.6 Å². The molecule has 0 fully saturated rings. The van der Waals surface area contributed by atoms with Gasteiger partial charge < -0.3 is 10.6 Å². The number of aryl methyl sites for hydroxylation is 1. The minimum absolute atomic E-state index is 0.643. The highest BCUT2D eigenvalue weighted by Gasteiger charge is 2.06. The van der Waals surface area contributed by atoms with Crippen LogP contribution in [0.5, 0.6) is 0 Å². The summed E-state index contributed by atoms with van der Waals surface area (Å²) in [4.78, 5) is 6.76. The zero-order chi connectivity index (χ0) is 11.5. The Hall–Kier alpha value is -1.61. The van der Waals surface area contributed by atoms with Crippen LogP contribution in [0.25, 0.3) is 10.9 Å². The Balaban J connectivity index is 2.49. The molecule has 2 rings (SSSR count). The van der Waals surface area contributed by atoms with Gasteiger partial charge in [0.15, 0.2) is 0 Å². The normalized spacial score (nSPS) is 10.7. The predicted molar refractivity (Wildman–Crippen MR) is 68.8 cm³/mol. The molecule has 0 atom stereocenters. The molecule has 0 unspecified atom stereocenters. The highest BCUT2D eigenvalue weighted by atomic mass is 15.2. The van der Waals surface area contributed by atoms with Crippen LogP contribution < -0.4 is 10.6 Å². The first-order valence-electron chi connectivity index (χ1n) is 5.50. The van der Waals surface area contributed by atoms with Crippen molar-refractivity contribution in [1.82, 2.24) is 4.98 Å². The van der Waals surface area contributed by atoms with Gasteiger partial charge in [-0.3, -0.25) is 0 Å². The van der Waals surface area contributed by atoms with E-state index in [2.05, 4.69) is 28.9 Å². The second-order valence-corrected chi connectivity index (χ2v) is 4.03. The summed E-state index contributed by atoms with van der Waals surface area (Å²) in [6.07, 6.45) is 0. The third-order valence-corrected chi connectivity index (χ3v) is 2.71. The highest BCUT2D eigenvalue weighted by molar-refractivity contribution is 5.81. The minimum atomic E-state index is 0.643. The van der Waals surface area contributed by atoms with E-state index in [9.17, 15) is 0 Å². The molecule has 0 aliphatic carbocycles. The van der Waals surface area contributed by atoms with Gasteiger partial charge in [-0.1, -0.05) is 18.2 Å². The van der Waals surface area contributed by atoms with Crippen molar-refractivity contribution in [2.45, 2.75) is 6.92 Å². The number of para-hydroxylation sites is 1. The van der Waals surface area contributed by atoms with Crippen LogP contribution in [-0.2, 0) is 0 Å². The maximum absolute atomic E-state index is 5.56. The molecule has 0 saturated carbocycles. The number of pyridine rings is 1. The Morgan fingerprint density at radius 3 is 2.81 bits per heavy atom. The van der Waals surface area contributed by atoms with Crippen molar-refractivity contribution in [1.29, 1.82) is 0 Å². The monoisotopic (exact) mass is 215 g/mol. The van der Waals surface area contributed by atoms with Crippen LogP contribution >= 0.6 is 0 Å². The van der Waals surface area contributed by atoms with Crippen molar-refractivity contribution in [3.63, 3.8) is 0 Å². The smallest absolute Gasteiger partial charge is 0.131 e. The van der Waals surface area contributed by atoms with Gasteiger partial charge in [0.2, 0.25) is 0 Å². The van der Waals surface area contributed by atoms with Crippen molar-refractivity contribution in [2.24, 2.45) is 5.73 Å². The number of rotatable bonds is 3. The molecule has 0 radical (unpaired) electrons. The highest BCUT2D eigenvalue weighted by Crippen LogP contribution is 2.21. The van der Waals surface area contributed by atoms with Crippen LogP contribution in [0.15, 0.2) is 30.3 Å². The summed E-state index contributed by atoms with van der Waals surface area (Å²) in [5, 5.41) is 1.19. The molecule has 84 valence electrons. The first-order chi connectivity index (χ1) is 7.72. The Morgan fingerprint density at radius 2 is 2.06 bits per heavy atom. The number of anilines is 1. The molecule has 0 saturated heterocycles. The molecule has 0 aliphatic heterocycles. The van der Waals surface area contributed by atoms with E-state index in [1.807, 2.05) is 25.2 Å². The summed E-state index contributed by atoms with van der Waals surface area (Å²) in [6, 6.07) is 10.3. The number of fused-ring (bicyclic) bond motifs is 1. The molecule has 1 aromatic carbocycles. The fourth-order valence-corrected chi connectivity index (χ4v) is 1.90. The van der Waals surface area contributed by atoms with Crippen molar-refractivity contribution in [3.05, 3.63) is 35.9 Å². The lowest BCUT2D eigenvalue weighted by molar-refractivity contribution is 0.867. The molecule has 16 heavy (non-hydrogen) atoms. The maximum atomic E-state index is 5.56. The number of nitrogens with two attached hydrogens (primary N) is 1. The average Bonchev–Trinajstić information content (AvgIpc) is 2.28. The Bertz CT molecular complexity index is 494. The first-order valence-corrected chi connectivity index (χ1v) is 5.50. The van der Waals surface area contributed by atoms with E-state index in [-0.39, 0.29) is 0 Å². The number of aromatic nitrogens is 1. The van der Waals surface area contributed by atoms with Crippen LogP contribution in [0, 0.1) is 6.92 Å². The average molecular weight is 215 g/mol. The lowest BCUT2D eigenvalue weighted by atomic mass is 10.1. The number of hydrogen-bond acceptors (Lipinski definition) is 3. The van der Waals surface area contributed by atoms with Gasteiger partial charge in [0.05, 0.1) is 5.52 Å². The van der Waals surface area contributed by atoms with Gasteiger partial charge in [0.25, 0.3) is 0 Å². The topological polar surface area (TPSA) is 42.2 Å². The molecule has 0 aliphatic rings. The Morgan fingerprint density at radius 1 is 1.31 bits per heavy atom. The van der Waals surface area contributed by atoms with Crippen LogP contribution in [0.2, 0.25) is 0 Å². The number of nitrogens with zero attached hydrogens (tertiary/aromatic N) is 2. The molecule has 0 bridgehead atoms. The molecule has 0 spiro atoms.